The second-order valence-corrected chi connectivity index (χ2v) is 4.90. The van der Waals surface area contributed by atoms with Crippen molar-refractivity contribution in [2.45, 2.75) is 31.8 Å². The maximum atomic E-state index is 13.5. The molecular weight excluding hydrogens is 233 g/mol. The Morgan fingerprint density at radius 2 is 2.06 bits per heavy atom. The standard InChI is InChI=1S/C14H20FNO2/c1-18-14-7-4-11(8-13(14)15)16-9-10-2-5-12(17)6-3-10/h4,7-8,10,12,16-17H,2-3,5-6,9H2,1H3. The Morgan fingerprint density at radius 3 is 2.67 bits per heavy atom. The second kappa shape index (κ2) is 6.05. The van der Waals surface area contributed by atoms with Gasteiger partial charge in [-0.15, -0.1) is 0 Å². The highest BCUT2D eigenvalue weighted by molar-refractivity contribution is 5.47. The Labute approximate surface area is 107 Å². The van der Waals surface area contributed by atoms with E-state index in [0.29, 0.717) is 5.92 Å². The van der Waals surface area contributed by atoms with E-state index in [1.807, 2.05) is 6.07 Å². The Bertz CT molecular complexity index is 389. The lowest BCUT2D eigenvalue weighted by Gasteiger charge is -2.25. The molecule has 0 atom stereocenters. The number of halogens is 1. The van der Waals surface area contributed by atoms with Crippen molar-refractivity contribution in [2.75, 3.05) is 19.0 Å². The van der Waals surface area contributed by atoms with E-state index in [4.69, 9.17) is 4.74 Å². The summed E-state index contributed by atoms with van der Waals surface area (Å²) in [6.45, 7) is 0.832. The molecule has 1 saturated carbocycles. The lowest BCUT2D eigenvalue weighted by Crippen LogP contribution is -2.23. The first kappa shape index (κ1) is 13.1. The first-order chi connectivity index (χ1) is 8.69. The normalized spacial score (nSPS) is 23.7. The Hall–Kier alpha value is -1.29. The maximum Gasteiger partial charge on any atom is 0.167 e. The largest absolute Gasteiger partial charge is 0.494 e. The molecule has 1 aromatic rings. The van der Waals surface area contributed by atoms with Gasteiger partial charge in [-0.1, -0.05) is 0 Å². The second-order valence-electron chi connectivity index (χ2n) is 4.90. The Balaban J connectivity index is 1.84. The van der Waals surface area contributed by atoms with Crippen LogP contribution < -0.4 is 10.1 Å². The van der Waals surface area contributed by atoms with Crippen molar-refractivity contribution in [3.63, 3.8) is 0 Å². The fourth-order valence-electron chi connectivity index (χ4n) is 2.39. The average Bonchev–Trinajstić information content (AvgIpc) is 2.38. The van der Waals surface area contributed by atoms with E-state index in [2.05, 4.69) is 5.32 Å². The number of aliphatic hydroxyl groups excluding tert-OH is 1. The lowest BCUT2D eigenvalue weighted by atomic mass is 9.87. The summed E-state index contributed by atoms with van der Waals surface area (Å²) in [5.41, 5.74) is 0.777. The van der Waals surface area contributed by atoms with Crippen LogP contribution in [0.2, 0.25) is 0 Å². The molecule has 0 radical (unpaired) electrons. The van der Waals surface area contributed by atoms with Crippen molar-refractivity contribution in [3.05, 3.63) is 24.0 Å². The van der Waals surface area contributed by atoms with E-state index in [-0.39, 0.29) is 17.7 Å². The number of rotatable bonds is 4. The maximum absolute atomic E-state index is 13.5. The number of hydrogen-bond acceptors (Lipinski definition) is 3. The zero-order chi connectivity index (χ0) is 13.0. The van der Waals surface area contributed by atoms with Crippen LogP contribution in [-0.2, 0) is 0 Å². The number of ether oxygens (including phenoxy) is 1. The first-order valence-electron chi connectivity index (χ1n) is 6.44. The van der Waals surface area contributed by atoms with Crippen LogP contribution in [0.4, 0.5) is 10.1 Å². The van der Waals surface area contributed by atoms with Gasteiger partial charge in [0.2, 0.25) is 0 Å². The van der Waals surface area contributed by atoms with Gasteiger partial charge in [-0.2, -0.15) is 0 Å². The monoisotopic (exact) mass is 253 g/mol. The van der Waals surface area contributed by atoms with Crippen LogP contribution in [0.25, 0.3) is 0 Å². The molecule has 100 valence electrons. The number of hydrogen-bond donors (Lipinski definition) is 2. The SMILES string of the molecule is COc1ccc(NCC2CCC(O)CC2)cc1F. The lowest BCUT2D eigenvalue weighted by molar-refractivity contribution is 0.111. The van der Waals surface area contributed by atoms with E-state index in [9.17, 15) is 9.50 Å². The molecule has 1 aliphatic carbocycles. The minimum Gasteiger partial charge on any atom is -0.494 e. The quantitative estimate of drug-likeness (QED) is 0.867. The highest BCUT2D eigenvalue weighted by atomic mass is 19.1. The molecule has 2 N–H and O–H groups in total. The van der Waals surface area contributed by atoms with Crippen LogP contribution in [0.1, 0.15) is 25.7 Å². The smallest absolute Gasteiger partial charge is 0.167 e. The summed E-state index contributed by atoms with van der Waals surface area (Å²) in [6, 6.07) is 4.90. The molecular formula is C14H20FNO2. The van der Waals surface area contributed by atoms with Crippen LogP contribution in [0.3, 0.4) is 0 Å². The van der Waals surface area contributed by atoms with E-state index >= 15 is 0 Å². The van der Waals surface area contributed by atoms with Crippen molar-refractivity contribution >= 4 is 5.69 Å². The zero-order valence-corrected chi connectivity index (χ0v) is 10.7. The van der Waals surface area contributed by atoms with Crippen molar-refractivity contribution in [1.29, 1.82) is 0 Å². The summed E-state index contributed by atoms with van der Waals surface area (Å²) >= 11 is 0. The summed E-state index contributed by atoms with van der Waals surface area (Å²) in [7, 11) is 1.46. The van der Waals surface area contributed by atoms with E-state index < -0.39 is 0 Å². The number of methoxy groups -OCH3 is 1. The van der Waals surface area contributed by atoms with Gasteiger partial charge >= 0.3 is 0 Å². The van der Waals surface area contributed by atoms with Crippen LogP contribution in [0.5, 0.6) is 5.75 Å². The molecule has 0 bridgehead atoms. The third-order valence-electron chi connectivity index (χ3n) is 3.56. The minimum atomic E-state index is -0.346. The minimum absolute atomic E-state index is 0.125. The van der Waals surface area contributed by atoms with Gasteiger partial charge in [0.1, 0.15) is 0 Å². The molecule has 3 nitrogen and oxygen atoms in total. The van der Waals surface area contributed by atoms with Crippen molar-refractivity contribution in [2.24, 2.45) is 5.92 Å². The molecule has 18 heavy (non-hydrogen) atoms. The molecule has 1 aliphatic rings. The predicted molar refractivity (Wildman–Crippen MR) is 69.4 cm³/mol. The average molecular weight is 253 g/mol. The van der Waals surface area contributed by atoms with Crippen molar-refractivity contribution in [1.82, 2.24) is 0 Å². The molecule has 0 amide bonds. The van der Waals surface area contributed by atoms with Crippen LogP contribution in [-0.4, -0.2) is 24.9 Å². The van der Waals surface area contributed by atoms with Gasteiger partial charge in [-0.25, -0.2) is 4.39 Å². The van der Waals surface area contributed by atoms with Gasteiger partial charge in [0.05, 0.1) is 13.2 Å². The Morgan fingerprint density at radius 1 is 1.33 bits per heavy atom. The van der Waals surface area contributed by atoms with Gasteiger partial charge < -0.3 is 15.2 Å². The predicted octanol–water partition coefficient (Wildman–Crippen LogP) is 2.80. The van der Waals surface area contributed by atoms with Crippen molar-refractivity contribution in [3.8, 4) is 5.75 Å². The molecule has 0 saturated heterocycles. The molecule has 1 aromatic carbocycles. The fourth-order valence-corrected chi connectivity index (χ4v) is 2.39. The van der Waals surface area contributed by atoms with Crippen LogP contribution >= 0.6 is 0 Å². The summed E-state index contributed by atoms with van der Waals surface area (Å²) < 4.78 is 18.3. The van der Waals surface area contributed by atoms with E-state index in [0.717, 1.165) is 37.9 Å². The summed E-state index contributed by atoms with van der Waals surface area (Å²) in [4.78, 5) is 0. The number of benzene rings is 1. The summed E-state index contributed by atoms with van der Waals surface area (Å²) in [5, 5.41) is 12.7. The van der Waals surface area contributed by atoms with E-state index in [1.165, 1.54) is 13.2 Å². The summed E-state index contributed by atoms with van der Waals surface area (Å²) in [6.07, 6.45) is 3.70. The first-order valence-corrected chi connectivity index (χ1v) is 6.44. The van der Waals surface area contributed by atoms with Crippen molar-refractivity contribution < 1.29 is 14.2 Å². The number of anilines is 1. The number of aliphatic hydroxyl groups is 1. The van der Waals surface area contributed by atoms with Gasteiger partial charge in [-0.3, -0.25) is 0 Å². The highest BCUT2D eigenvalue weighted by Gasteiger charge is 2.19. The fraction of sp³-hybridized carbons (Fsp3) is 0.571. The molecule has 2 rings (SSSR count). The van der Waals surface area contributed by atoms with Gasteiger partial charge in [0.25, 0.3) is 0 Å². The summed E-state index contributed by atoms with van der Waals surface area (Å²) in [5.74, 6) is 0.487. The third kappa shape index (κ3) is 3.35. The molecule has 0 aliphatic heterocycles. The van der Waals surface area contributed by atoms with Gasteiger partial charge in [-0.05, 0) is 43.7 Å². The third-order valence-corrected chi connectivity index (χ3v) is 3.56. The molecule has 0 heterocycles. The van der Waals surface area contributed by atoms with Crippen LogP contribution in [0, 0.1) is 11.7 Å². The molecule has 0 spiro atoms. The zero-order valence-electron chi connectivity index (χ0n) is 10.7. The van der Waals surface area contributed by atoms with Gasteiger partial charge in [0.15, 0.2) is 11.6 Å². The Kier molecular flexibility index (Phi) is 4.42. The number of nitrogens with one attached hydrogen (secondary N) is 1. The topological polar surface area (TPSA) is 41.5 Å². The molecule has 0 aromatic heterocycles. The van der Waals surface area contributed by atoms with E-state index in [1.54, 1.807) is 6.07 Å². The molecule has 4 heteroatoms. The van der Waals surface area contributed by atoms with Crippen LogP contribution in [0.15, 0.2) is 18.2 Å². The molecule has 0 unspecified atom stereocenters. The molecule has 1 fully saturated rings. The highest BCUT2D eigenvalue weighted by Crippen LogP contribution is 2.25. The van der Waals surface area contributed by atoms with Gasteiger partial charge in [0, 0.05) is 18.3 Å².